The summed E-state index contributed by atoms with van der Waals surface area (Å²) in [6, 6.07) is 40.1. The van der Waals surface area contributed by atoms with Crippen molar-refractivity contribution < 1.29 is 0 Å². The summed E-state index contributed by atoms with van der Waals surface area (Å²) in [5, 5.41) is 2.62. The first-order valence-corrected chi connectivity index (χ1v) is 12.9. The number of fused-ring (bicyclic) bond motifs is 4. The molecule has 0 atom stereocenters. The zero-order chi connectivity index (χ0) is 25.1. The van der Waals surface area contributed by atoms with Crippen LogP contribution in [0.2, 0.25) is 0 Å². The van der Waals surface area contributed by atoms with E-state index in [1.165, 1.54) is 55.5 Å². The van der Waals surface area contributed by atoms with Gasteiger partial charge in [-0.15, -0.1) is 0 Å². The summed E-state index contributed by atoms with van der Waals surface area (Å²) in [6.45, 7) is 11.6. The number of rotatable bonds is 3. The van der Waals surface area contributed by atoms with Crippen LogP contribution in [0.1, 0.15) is 45.7 Å². The van der Waals surface area contributed by atoms with Crippen molar-refractivity contribution in [3.05, 3.63) is 120 Å². The van der Waals surface area contributed by atoms with Crippen LogP contribution in [0.15, 0.2) is 109 Å². The molecule has 1 aliphatic rings. The van der Waals surface area contributed by atoms with Crippen molar-refractivity contribution >= 4 is 22.1 Å². The fraction of sp³-hybridized carbons (Fsp3) is 0.200. The summed E-state index contributed by atoms with van der Waals surface area (Å²) in [5.74, 6) is 0. The lowest BCUT2D eigenvalue weighted by Crippen LogP contribution is -2.37. The Morgan fingerprint density at radius 3 is 1.75 bits per heavy atom. The van der Waals surface area contributed by atoms with Gasteiger partial charge < -0.3 is 4.90 Å². The summed E-state index contributed by atoms with van der Waals surface area (Å²) in [7, 11) is 0. The first kappa shape index (κ1) is 22.6. The van der Waals surface area contributed by atoms with Gasteiger partial charge in [-0.3, -0.25) is 0 Å². The fourth-order valence-corrected chi connectivity index (χ4v) is 5.91. The van der Waals surface area contributed by atoms with Crippen molar-refractivity contribution in [2.24, 2.45) is 0 Å². The van der Waals surface area contributed by atoms with Crippen LogP contribution in [0.3, 0.4) is 0 Å². The highest BCUT2D eigenvalue weighted by molar-refractivity contribution is 5.94. The van der Waals surface area contributed by atoms with Gasteiger partial charge in [0.15, 0.2) is 0 Å². The number of hydrogen-bond acceptors (Lipinski definition) is 1. The Bertz CT molecular complexity index is 1570. The third-order valence-electron chi connectivity index (χ3n) is 7.69. The maximum Gasteiger partial charge on any atom is 0.0419 e. The molecule has 0 unspecified atom stereocenters. The molecule has 0 saturated carbocycles. The van der Waals surface area contributed by atoms with Crippen molar-refractivity contribution in [3.8, 4) is 22.3 Å². The fourth-order valence-electron chi connectivity index (χ4n) is 5.91. The van der Waals surface area contributed by atoms with Crippen LogP contribution in [0.5, 0.6) is 0 Å². The van der Waals surface area contributed by atoms with Gasteiger partial charge in [0.25, 0.3) is 0 Å². The van der Waals surface area contributed by atoms with Gasteiger partial charge >= 0.3 is 0 Å². The van der Waals surface area contributed by atoms with E-state index in [4.69, 9.17) is 0 Å². The SMILES string of the molecule is CC1(C)c2cc(N(c3ccc(-c4ccccc4)cc3)C(C)(C)C)ccc2-c2cc3ccccc3cc21. The summed E-state index contributed by atoms with van der Waals surface area (Å²) >= 11 is 0. The standard InChI is InChI=1S/C35H33N/c1-34(2,3)36(28-17-15-25(16-18-28)24-11-7-6-8-12-24)29-19-20-30-31-21-26-13-9-10-14-27(26)22-32(31)35(4,5)33(30)23-29/h6-23H,1-5H3. The average molecular weight is 468 g/mol. The van der Waals surface area contributed by atoms with Crippen LogP contribution in [0, 0.1) is 0 Å². The molecule has 0 spiro atoms. The van der Waals surface area contributed by atoms with Gasteiger partial charge in [0, 0.05) is 22.3 Å². The second kappa shape index (κ2) is 8.10. The van der Waals surface area contributed by atoms with Crippen LogP contribution in [-0.2, 0) is 5.41 Å². The molecule has 178 valence electrons. The molecule has 1 heteroatoms. The number of hydrogen-bond donors (Lipinski definition) is 0. The minimum Gasteiger partial charge on any atom is -0.336 e. The Morgan fingerprint density at radius 2 is 1.08 bits per heavy atom. The Morgan fingerprint density at radius 1 is 0.528 bits per heavy atom. The second-order valence-electron chi connectivity index (χ2n) is 11.5. The quantitative estimate of drug-likeness (QED) is 0.255. The third-order valence-corrected chi connectivity index (χ3v) is 7.69. The lowest BCUT2D eigenvalue weighted by molar-refractivity contribution is 0.559. The Labute approximate surface area is 215 Å². The maximum atomic E-state index is 2.47. The Balaban J connectivity index is 1.45. The lowest BCUT2D eigenvalue weighted by atomic mass is 9.81. The largest absolute Gasteiger partial charge is 0.336 e. The van der Waals surface area contributed by atoms with E-state index < -0.39 is 0 Å². The predicted molar refractivity (Wildman–Crippen MR) is 155 cm³/mol. The van der Waals surface area contributed by atoms with Crippen molar-refractivity contribution in [2.45, 2.75) is 45.6 Å². The average Bonchev–Trinajstić information content (AvgIpc) is 3.09. The minimum absolute atomic E-state index is 0.0502. The molecule has 0 aromatic heterocycles. The zero-order valence-corrected chi connectivity index (χ0v) is 21.8. The summed E-state index contributed by atoms with van der Waals surface area (Å²) in [5.41, 5.74) is 10.4. The zero-order valence-electron chi connectivity index (χ0n) is 21.8. The number of nitrogens with zero attached hydrogens (tertiary/aromatic N) is 1. The van der Waals surface area contributed by atoms with Gasteiger partial charge in [0.2, 0.25) is 0 Å². The van der Waals surface area contributed by atoms with Gasteiger partial charge in [-0.1, -0.05) is 86.6 Å². The molecule has 0 heterocycles. The van der Waals surface area contributed by atoms with Crippen LogP contribution in [0.4, 0.5) is 11.4 Å². The molecule has 6 rings (SSSR count). The molecule has 0 saturated heterocycles. The van der Waals surface area contributed by atoms with Crippen molar-refractivity contribution in [3.63, 3.8) is 0 Å². The van der Waals surface area contributed by atoms with Gasteiger partial charge in [0.05, 0.1) is 0 Å². The van der Waals surface area contributed by atoms with Crippen molar-refractivity contribution in [1.29, 1.82) is 0 Å². The molecular weight excluding hydrogens is 434 g/mol. The van der Waals surface area contributed by atoms with E-state index in [0.717, 1.165) is 0 Å². The smallest absolute Gasteiger partial charge is 0.0419 e. The topological polar surface area (TPSA) is 3.24 Å². The molecule has 0 bridgehead atoms. The monoisotopic (exact) mass is 467 g/mol. The van der Waals surface area contributed by atoms with E-state index in [9.17, 15) is 0 Å². The Kier molecular flexibility index (Phi) is 5.09. The third kappa shape index (κ3) is 3.62. The van der Waals surface area contributed by atoms with E-state index in [0.29, 0.717) is 0 Å². The predicted octanol–water partition coefficient (Wildman–Crippen LogP) is 9.75. The van der Waals surface area contributed by atoms with Crippen molar-refractivity contribution in [1.82, 2.24) is 0 Å². The lowest BCUT2D eigenvalue weighted by Gasteiger charge is -2.38. The molecule has 0 radical (unpaired) electrons. The summed E-state index contributed by atoms with van der Waals surface area (Å²) in [4.78, 5) is 2.47. The first-order valence-electron chi connectivity index (χ1n) is 12.9. The highest BCUT2D eigenvalue weighted by Gasteiger charge is 2.37. The van der Waals surface area contributed by atoms with Crippen molar-refractivity contribution in [2.75, 3.05) is 4.90 Å². The number of anilines is 2. The van der Waals surface area contributed by atoms with E-state index >= 15 is 0 Å². The molecule has 5 aromatic rings. The summed E-state index contributed by atoms with van der Waals surface area (Å²) in [6.07, 6.45) is 0. The summed E-state index contributed by atoms with van der Waals surface area (Å²) < 4.78 is 0. The molecule has 0 N–H and O–H groups in total. The molecule has 0 fully saturated rings. The van der Waals surface area contributed by atoms with E-state index in [1.54, 1.807) is 0 Å². The highest BCUT2D eigenvalue weighted by atomic mass is 15.2. The Hall–Kier alpha value is -3.84. The van der Waals surface area contributed by atoms with Crippen LogP contribution < -0.4 is 4.90 Å². The molecule has 0 aliphatic heterocycles. The molecule has 1 nitrogen and oxygen atoms in total. The molecular formula is C35H33N. The van der Waals surface area contributed by atoms with Gasteiger partial charge in [-0.05, 0) is 101 Å². The molecule has 1 aliphatic carbocycles. The molecule has 5 aromatic carbocycles. The van der Waals surface area contributed by atoms with Gasteiger partial charge in [-0.2, -0.15) is 0 Å². The van der Waals surface area contributed by atoms with Crippen LogP contribution in [-0.4, -0.2) is 5.54 Å². The highest BCUT2D eigenvalue weighted by Crippen LogP contribution is 2.51. The van der Waals surface area contributed by atoms with E-state index in [1.807, 2.05) is 0 Å². The normalized spacial score (nSPS) is 13.9. The molecule has 0 amide bonds. The van der Waals surface area contributed by atoms with Gasteiger partial charge in [0.1, 0.15) is 0 Å². The van der Waals surface area contributed by atoms with E-state index in [-0.39, 0.29) is 11.0 Å². The maximum absolute atomic E-state index is 2.47. The van der Waals surface area contributed by atoms with Crippen LogP contribution >= 0.6 is 0 Å². The second-order valence-corrected chi connectivity index (χ2v) is 11.5. The number of benzene rings is 5. The molecule has 36 heavy (non-hydrogen) atoms. The van der Waals surface area contributed by atoms with Gasteiger partial charge in [-0.25, -0.2) is 0 Å². The first-order chi connectivity index (χ1) is 17.2. The van der Waals surface area contributed by atoms with E-state index in [2.05, 4.69) is 149 Å². The van der Waals surface area contributed by atoms with Crippen LogP contribution in [0.25, 0.3) is 33.0 Å². The minimum atomic E-state index is -0.0766.